The Morgan fingerprint density at radius 1 is 0.739 bits per heavy atom. The van der Waals surface area contributed by atoms with Gasteiger partial charge in [0.25, 0.3) is 0 Å². The van der Waals surface area contributed by atoms with E-state index < -0.39 is 0 Å². The van der Waals surface area contributed by atoms with Crippen molar-refractivity contribution >= 4 is 0 Å². The topological polar surface area (TPSA) is 0 Å². The summed E-state index contributed by atoms with van der Waals surface area (Å²) < 4.78 is 0. The quantitative estimate of drug-likeness (QED) is 0.492. The van der Waals surface area contributed by atoms with Gasteiger partial charge in [-0.05, 0) is 31.9 Å². The van der Waals surface area contributed by atoms with Gasteiger partial charge in [0.15, 0.2) is 0 Å². The molecular formula is C23H36. The Balaban J connectivity index is 0. The first-order valence-electron chi connectivity index (χ1n) is 8.75. The first kappa shape index (κ1) is 23.4. The van der Waals surface area contributed by atoms with Gasteiger partial charge >= 0.3 is 0 Å². The first-order chi connectivity index (χ1) is 11.0. The summed E-state index contributed by atoms with van der Waals surface area (Å²) in [5.74, 6) is 0. The monoisotopic (exact) mass is 312 g/mol. The van der Waals surface area contributed by atoms with Gasteiger partial charge in [-0.15, -0.1) is 6.58 Å². The smallest absolute Gasteiger partial charge is 0.0184 e. The van der Waals surface area contributed by atoms with Crippen molar-refractivity contribution in [1.29, 1.82) is 0 Å². The Kier molecular flexibility index (Phi) is 16.9. The van der Waals surface area contributed by atoms with Gasteiger partial charge in [-0.3, -0.25) is 0 Å². The average molecular weight is 313 g/mol. The summed E-state index contributed by atoms with van der Waals surface area (Å²) in [5.41, 5.74) is 5.04. The van der Waals surface area contributed by atoms with Crippen molar-refractivity contribution < 1.29 is 0 Å². The molecule has 0 atom stereocenters. The van der Waals surface area contributed by atoms with E-state index in [2.05, 4.69) is 75.9 Å². The van der Waals surface area contributed by atoms with Crippen LogP contribution in [0.2, 0.25) is 0 Å². The third-order valence-electron chi connectivity index (χ3n) is 2.66. The number of hydrogen-bond donors (Lipinski definition) is 0. The fraction of sp³-hybridized carbons (Fsp3) is 0.391. The zero-order chi connectivity index (χ0) is 18.1. The Morgan fingerprint density at radius 2 is 1.09 bits per heavy atom. The highest BCUT2D eigenvalue weighted by Crippen LogP contribution is 2.18. The van der Waals surface area contributed by atoms with Crippen LogP contribution in [0.4, 0.5) is 0 Å². The lowest BCUT2D eigenvalue weighted by Crippen LogP contribution is -1.76. The number of allylic oxidation sites excluding steroid dienone is 1. The molecule has 2 aromatic rings. The molecule has 128 valence electrons. The molecule has 0 N–H and O–H groups in total. The van der Waals surface area contributed by atoms with E-state index in [0.29, 0.717) is 0 Å². The summed E-state index contributed by atoms with van der Waals surface area (Å²) in [5, 5.41) is 0. The van der Waals surface area contributed by atoms with E-state index in [0.717, 1.165) is 0 Å². The molecule has 0 radical (unpaired) electrons. The van der Waals surface area contributed by atoms with Crippen LogP contribution in [0, 0.1) is 6.92 Å². The number of rotatable bonds is 2. The SMILES string of the molecule is C=C(C)C.CC.CCCC.Cc1ccc(-c2ccccc2)cc1. The van der Waals surface area contributed by atoms with Crippen LogP contribution >= 0.6 is 0 Å². The largest absolute Gasteiger partial charge is 0.100 e. The molecule has 0 bridgehead atoms. The van der Waals surface area contributed by atoms with Gasteiger partial charge in [-0.25, -0.2) is 0 Å². The van der Waals surface area contributed by atoms with E-state index in [1.807, 2.05) is 33.8 Å². The summed E-state index contributed by atoms with van der Waals surface area (Å²) in [6.07, 6.45) is 2.64. The lowest BCUT2D eigenvalue weighted by Gasteiger charge is -2.00. The summed E-state index contributed by atoms with van der Waals surface area (Å²) in [6, 6.07) is 19.0. The molecule has 23 heavy (non-hydrogen) atoms. The Bertz CT molecular complexity index is 471. The summed E-state index contributed by atoms with van der Waals surface area (Å²) in [6.45, 7) is 18.0. The van der Waals surface area contributed by atoms with Gasteiger partial charge in [0.05, 0.1) is 0 Å². The van der Waals surface area contributed by atoms with Crippen LogP contribution in [0.1, 0.15) is 59.9 Å². The third kappa shape index (κ3) is 14.9. The minimum Gasteiger partial charge on any atom is -0.100 e. The minimum atomic E-state index is 1.17. The van der Waals surface area contributed by atoms with E-state index in [4.69, 9.17) is 0 Å². The van der Waals surface area contributed by atoms with Crippen molar-refractivity contribution in [3.8, 4) is 11.1 Å². The second kappa shape index (κ2) is 16.5. The fourth-order valence-electron chi connectivity index (χ4n) is 1.38. The van der Waals surface area contributed by atoms with Crippen LogP contribution < -0.4 is 0 Å². The maximum Gasteiger partial charge on any atom is -0.0184 e. The molecule has 0 saturated carbocycles. The summed E-state index contributed by atoms with van der Waals surface area (Å²) in [7, 11) is 0. The molecule has 0 fully saturated rings. The molecular weight excluding hydrogens is 276 g/mol. The third-order valence-corrected chi connectivity index (χ3v) is 2.66. The molecule has 0 spiro atoms. The number of aryl methyl sites for hydroxylation is 1. The van der Waals surface area contributed by atoms with Crippen LogP contribution in [0.25, 0.3) is 11.1 Å². The van der Waals surface area contributed by atoms with Gasteiger partial charge in [-0.2, -0.15) is 0 Å². The molecule has 0 nitrogen and oxygen atoms in total. The molecule has 0 heteroatoms. The van der Waals surface area contributed by atoms with Crippen molar-refractivity contribution in [1.82, 2.24) is 0 Å². The van der Waals surface area contributed by atoms with Crippen LogP contribution in [0.3, 0.4) is 0 Å². The predicted octanol–water partition coefficient (Wildman–Crippen LogP) is 8.08. The molecule has 0 aliphatic heterocycles. The van der Waals surface area contributed by atoms with Crippen LogP contribution in [-0.2, 0) is 0 Å². The number of hydrogen-bond acceptors (Lipinski definition) is 0. The average Bonchev–Trinajstić information content (AvgIpc) is 2.58. The zero-order valence-electron chi connectivity index (χ0n) is 16.3. The standard InChI is InChI=1S/C13H12.C4H8.C4H10.C2H6/c1-11-7-9-13(10-8-11)12-5-3-2-4-6-12;1-4(2)3;1-3-4-2;1-2/h2-10H,1H3;1H2,2-3H3;3-4H2,1-2H3;1-2H3. The Morgan fingerprint density at radius 3 is 1.43 bits per heavy atom. The predicted molar refractivity (Wildman–Crippen MR) is 109 cm³/mol. The lowest BCUT2D eigenvalue weighted by atomic mass is 10.0. The lowest BCUT2D eigenvalue weighted by molar-refractivity contribution is 0.886. The Labute approximate surface area is 145 Å². The summed E-state index contributed by atoms with van der Waals surface area (Å²) in [4.78, 5) is 0. The first-order valence-corrected chi connectivity index (χ1v) is 8.75. The minimum absolute atomic E-state index is 1.17. The summed E-state index contributed by atoms with van der Waals surface area (Å²) >= 11 is 0. The molecule has 0 heterocycles. The highest BCUT2D eigenvalue weighted by molar-refractivity contribution is 5.63. The highest BCUT2D eigenvalue weighted by Gasteiger charge is 1.93. The maximum absolute atomic E-state index is 3.56. The number of benzene rings is 2. The van der Waals surface area contributed by atoms with Crippen molar-refractivity contribution in [3.05, 3.63) is 72.3 Å². The van der Waals surface area contributed by atoms with Crippen LogP contribution in [-0.4, -0.2) is 0 Å². The molecule has 0 aliphatic rings. The normalized spacial score (nSPS) is 8.30. The fourth-order valence-corrected chi connectivity index (χ4v) is 1.38. The van der Waals surface area contributed by atoms with E-state index >= 15 is 0 Å². The van der Waals surface area contributed by atoms with E-state index in [1.54, 1.807) is 0 Å². The van der Waals surface area contributed by atoms with E-state index in [-0.39, 0.29) is 0 Å². The molecule has 0 amide bonds. The molecule has 0 aromatic heterocycles. The van der Waals surface area contributed by atoms with Gasteiger partial charge in [0.1, 0.15) is 0 Å². The van der Waals surface area contributed by atoms with Crippen molar-refractivity contribution in [2.75, 3.05) is 0 Å². The zero-order valence-corrected chi connectivity index (χ0v) is 16.3. The van der Waals surface area contributed by atoms with Gasteiger partial charge in [0.2, 0.25) is 0 Å². The van der Waals surface area contributed by atoms with Crippen molar-refractivity contribution in [2.24, 2.45) is 0 Å². The van der Waals surface area contributed by atoms with Crippen LogP contribution in [0.5, 0.6) is 0 Å². The maximum atomic E-state index is 3.56. The Hall–Kier alpha value is -1.82. The number of unbranched alkanes of at least 4 members (excludes halogenated alkanes) is 1. The highest BCUT2D eigenvalue weighted by atomic mass is 14.0. The van der Waals surface area contributed by atoms with E-state index in [9.17, 15) is 0 Å². The van der Waals surface area contributed by atoms with Crippen LogP contribution in [0.15, 0.2) is 66.7 Å². The van der Waals surface area contributed by atoms with Gasteiger partial charge < -0.3 is 0 Å². The second-order valence-electron chi connectivity index (χ2n) is 5.44. The van der Waals surface area contributed by atoms with E-state index in [1.165, 1.54) is 35.1 Å². The molecule has 0 saturated heterocycles. The second-order valence-corrected chi connectivity index (χ2v) is 5.44. The molecule has 2 rings (SSSR count). The molecule has 0 aliphatic carbocycles. The van der Waals surface area contributed by atoms with Gasteiger partial charge in [0, 0.05) is 0 Å². The van der Waals surface area contributed by atoms with Crippen molar-refractivity contribution in [2.45, 2.75) is 61.3 Å². The van der Waals surface area contributed by atoms with Crippen molar-refractivity contribution in [3.63, 3.8) is 0 Å². The molecule has 0 unspecified atom stereocenters. The van der Waals surface area contributed by atoms with Gasteiger partial charge in [-0.1, -0.05) is 106 Å². The molecule has 2 aromatic carbocycles.